The molecule has 5 rings (SSSR count). The van der Waals surface area contributed by atoms with Crippen LogP contribution < -0.4 is 19.7 Å². The van der Waals surface area contributed by atoms with Crippen molar-refractivity contribution < 1.29 is 23.8 Å². The van der Waals surface area contributed by atoms with Crippen LogP contribution in [0.5, 0.6) is 11.5 Å². The lowest BCUT2D eigenvalue weighted by Crippen LogP contribution is -2.21. The molecular weight excluding hydrogens is 487 g/mol. The van der Waals surface area contributed by atoms with Crippen molar-refractivity contribution in [2.45, 2.75) is 6.42 Å². The number of halogens is 1. The van der Waals surface area contributed by atoms with Crippen LogP contribution in [0.2, 0.25) is 0 Å². The third kappa shape index (κ3) is 4.44. The lowest BCUT2D eigenvalue weighted by Gasteiger charge is -2.27. The van der Waals surface area contributed by atoms with Gasteiger partial charge in [-0.1, -0.05) is 12.0 Å². The Morgan fingerprint density at radius 3 is 2.68 bits per heavy atom. The zero-order valence-corrected chi connectivity index (χ0v) is 20.7. The van der Waals surface area contributed by atoms with E-state index in [1.165, 1.54) is 26.4 Å². The molecule has 0 saturated heterocycles. The van der Waals surface area contributed by atoms with Crippen LogP contribution in [0.1, 0.15) is 21.5 Å². The first kappa shape index (κ1) is 24.6. The van der Waals surface area contributed by atoms with Gasteiger partial charge in [0.15, 0.2) is 5.82 Å². The number of nitrogens with one attached hydrogen (secondary N) is 1. The van der Waals surface area contributed by atoms with E-state index in [0.29, 0.717) is 53.0 Å². The van der Waals surface area contributed by atoms with E-state index in [1.807, 2.05) is 23.1 Å². The van der Waals surface area contributed by atoms with Crippen molar-refractivity contribution in [3.05, 3.63) is 83.3 Å². The lowest BCUT2D eigenvalue weighted by molar-refractivity contribution is 0.0693. The summed E-state index contributed by atoms with van der Waals surface area (Å²) in [4.78, 5) is 22.5. The van der Waals surface area contributed by atoms with Crippen molar-refractivity contribution in [3.63, 3.8) is 0 Å². The minimum atomic E-state index is -1.09. The molecule has 0 aliphatic carbocycles. The molecule has 0 amide bonds. The zero-order valence-electron chi connectivity index (χ0n) is 20.7. The number of ether oxygens (including phenoxy) is 2. The molecule has 0 saturated carbocycles. The molecule has 0 radical (unpaired) electrons. The van der Waals surface area contributed by atoms with Crippen molar-refractivity contribution in [2.75, 3.05) is 31.0 Å². The maximum Gasteiger partial charge on any atom is 0.339 e. The summed E-state index contributed by atoms with van der Waals surface area (Å²) in [6.45, 7) is 0.440. The van der Waals surface area contributed by atoms with Gasteiger partial charge >= 0.3 is 5.97 Å². The van der Waals surface area contributed by atoms with Gasteiger partial charge in [0.25, 0.3) is 0 Å². The van der Waals surface area contributed by atoms with Gasteiger partial charge in [0.1, 0.15) is 22.7 Å². The smallest absolute Gasteiger partial charge is 0.339 e. The van der Waals surface area contributed by atoms with E-state index >= 15 is 4.39 Å². The Kier molecular flexibility index (Phi) is 6.54. The first-order valence-corrected chi connectivity index (χ1v) is 11.7. The van der Waals surface area contributed by atoms with E-state index in [4.69, 9.17) is 20.9 Å². The fraction of sp³-hybridized carbons (Fsp3) is 0.138. The highest BCUT2D eigenvalue weighted by Gasteiger charge is 2.27. The Hall–Kier alpha value is -5.10. The van der Waals surface area contributed by atoms with Crippen LogP contribution in [0.25, 0.3) is 11.3 Å². The van der Waals surface area contributed by atoms with Crippen LogP contribution in [-0.4, -0.2) is 41.8 Å². The number of para-hydroxylation sites is 1. The van der Waals surface area contributed by atoms with Gasteiger partial charge in [0.2, 0.25) is 5.95 Å². The number of methoxy groups -OCH3 is 2. The Labute approximate surface area is 218 Å². The summed E-state index contributed by atoms with van der Waals surface area (Å²) >= 11 is 0. The molecular formula is C29H23FN4O4. The summed E-state index contributed by atoms with van der Waals surface area (Å²) in [5, 5.41) is 12.5. The minimum Gasteiger partial charge on any atom is -0.496 e. The van der Waals surface area contributed by atoms with E-state index in [2.05, 4.69) is 16.2 Å². The van der Waals surface area contributed by atoms with Crippen LogP contribution in [0.15, 0.2) is 60.8 Å². The number of hydrogen-bond acceptors (Lipinski definition) is 7. The van der Waals surface area contributed by atoms with E-state index in [1.54, 1.807) is 30.5 Å². The van der Waals surface area contributed by atoms with Gasteiger partial charge in [-0.2, -0.15) is 0 Å². The standard InChI is InChI=1S/C29H23FN4O4/c1-4-17-8-10-20-23(14-17)34(27-22(30)6-5-7-24(27)37-2)13-12-18-16-31-29(33-26(18)20)32-19-9-11-21(28(35)36)25(15-19)38-3/h1,5-11,14-16H,12-13H2,2-3H3,(H,35,36)(H,31,32,33). The highest BCUT2D eigenvalue weighted by atomic mass is 19.1. The second-order valence-electron chi connectivity index (χ2n) is 8.48. The van der Waals surface area contributed by atoms with Crippen molar-refractivity contribution in [3.8, 4) is 35.1 Å². The van der Waals surface area contributed by atoms with Crippen molar-refractivity contribution in [2.24, 2.45) is 0 Å². The highest BCUT2D eigenvalue weighted by molar-refractivity contribution is 5.92. The number of aromatic carboxylic acids is 1. The number of benzene rings is 3. The molecule has 0 unspecified atom stereocenters. The molecule has 9 heteroatoms. The van der Waals surface area contributed by atoms with Gasteiger partial charge < -0.3 is 24.8 Å². The topological polar surface area (TPSA) is 96.8 Å². The van der Waals surface area contributed by atoms with Crippen molar-refractivity contribution >= 4 is 29.0 Å². The quantitative estimate of drug-likeness (QED) is 0.332. The molecule has 190 valence electrons. The van der Waals surface area contributed by atoms with E-state index in [0.717, 1.165) is 11.1 Å². The summed E-state index contributed by atoms with van der Waals surface area (Å²) in [6, 6.07) is 14.9. The second-order valence-corrected chi connectivity index (χ2v) is 8.48. The van der Waals surface area contributed by atoms with Crippen LogP contribution in [0.3, 0.4) is 0 Å². The van der Waals surface area contributed by atoms with Crippen molar-refractivity contribution in [1.29, 1.82) is 0 Å². The number of nitrogens with zero attached hydrogens (tertiary/aromatic N) is 3. The summed E-state index contributed by atoms with van der Waals surface area (Å²) in [5.41, 5.74) is 4.56. The molecule has 0 spiro atoms. The number of carboxylic acids is 1. The largest absolute Gasteiger partial charge is 0.496 e. The fourth-order valence-corrected chi connectivity index (χ4v) is 4.51. The minimum absolute atomic E-state index is 0.0443. The first-order valence-electron chi connectivity index (χ1n) is 11.7. The van der Waals surface area contributed by atoms with Gasteiger partial charge in [-0.3, -0.25) is 0 Å². The predicted octanol–water partition coefficient (Wildman–Crippen LogP) is 5.42. The maximum atomic E-state index is 15.2. The number of anilines is 4. The van der Waals surface area contributed by atoms with Crippen LogP contribution >= 0.6 is 0 Å². The lowest BCUT2D eigenvalue weighted by atomic mass is 10.0. The first-order chi connectivity index (χ1) is 18.4. The van der Waals surface area contributed by atoms with E-state index in [9.17, 15) is 9.90 Å². The van der Waals surface area contributed by atoms with Gasteiger partial charge in [-0.25, -0.2) is 19.2 Å². The molecule has 0 bridgehead atoms. The molecule has 1 aromatic heterocycles. The second kappa shape index (κ2) is 10.1. The zero-order chi connectivity index (χ0) is 26.8. The fourth-order valence-electron chi connectivity index (χ4n) is 4.51. The molecule has 3 aromatic carbocycles. The van der Waals surface area contributed by atoms with Gasteiger partial charge in [-0.05, 0) is 54.4 Å². The normalized spacial score (nSPS) is 12.0. The maximum absolute atomic E-state index is 15.2. The molecule has 1 aliphatic rings. The molecule has 0 fully saturated rings. The molecule has 4 aromatic rings. The Morgan fingerprint density at radius 1 is 1.13 bits per heavy atom. The summed E-state index contributed by atoms with van der Waals surface area (Å²) in [7, 11) is 2.91. The average molecular weight is 511 g/mol. The van der Waals surface area contributed by atoms with Crippen LogP contribution in [-0.2, 0) is 6.42 Å². The van der Waals surface area contributed by atoms with Gasteiger partial charge in [-0.15, -0.1) is 6.42 Å². The Morgan fingerprint density at radius 2 is 1.95 bits per heavy atom. The third-order valence-electron chi connectivity index (χ3n) is 6.31. The highest BCUT2D eigenvalue weighted by Crippen LogP contribution is 2.43. The van der Waals surface area contributed by atoms with Gasteiger partial charge in [0.05, 0.1) is 25.6 Å². The summed E-state index contributed by atoms with van der Waals surface area (Å²) in [6.07, 6.45) is 7.97. The SMILES string of the molecule is C#Cc1ccc2c(c1)N(c1c(F)cccc1OC)CCc1cnc(Nc3ccc(C(=O)O)c(OC)c3)nc1-2. The van der Waals surface area contributed by atoms with E-state index in [-0.39, 0.29) is 11.3 Å². The summed E-state index contributed by atoms with van der Waals surface area (Å²) < 4.78 is 25.9. The molecule has 38 heavy (non-hydrogen) atoms. The number of hydrogen-bond donors (Lipinski definition) is 2. The number of carbonyl (C=O) groups is 1. The van der Waals surface area contributed by atoms with Crippen molar-refractivity contribution in [1.82, 2.24) is 9.97 Å². The number of aromatic nitrogens is 2. The third-order valence-corrected chi connectivity index (χ3v) is 6.31. The van der Waals surface area contributed by atoms with E-state index < -0.39 is 11.8 Å². The predicted molar refractivity (Wildman–Crippen MR) is 142 cm³/mol. The monoisotopic (exact) mass is 510 g/mol. The van der Waals surface area contributed by atoms with Crippen LogP contribution in [0, 0.1) is 18.2 Å². The molecule has 8 nitrogen and oxygen atoms in total. The summed E-state index contributed by atoms with van der Waals surface area (Å²) in [5.74, 6) is 2.06. The molecule has 2 N–H and O–H groups in total. The number of terminal acetylenes is 1. The molecule has 1 aliphatic heterocycles. The number of rotatable bonds is 6. The Bertz CT molecular complexity index is 1600. The van der Waals surface area contributed by atoms with Crippen LogP contribution in [0.4, 0.5) is 27.4 Å². The van der Waals surface area contributed by atoms with Gasteiger partial charge in [0, 0.05) is 35.6 Å². The molecule has 2 heterocycles. The number of fused-ring (bicyclic) bond motifs is 3. The Balaban J connectivity index is 1.60. The average Bonchev–Trinajstić information content (AvgIpc) is 3.08. The number of carboxylic acid groups (broad SMARTS) is 1. The molecule has 0 atom stereocenters.